The number of amides is 1. The van der Waals surface area contributed by atoms with Crippen LogP contribution in [0.15, 0.2) is 24.5 Å². The summed E-state index contributed by atoms with van der Waals surface area (Å²) in [6.45, 7) is 5.01. The standard InChI is InChI=1S/C25H34Cl2N6O4S/c1-16-23(29-15-30-24(16)28-13-17-4-5-19(26)20(27)12-17)25(34)32-9-6-18(7-10-32)33-11-8-21(22(14-33)37-2)31-38(3,35)36/h4-5,12,15,18,21-22,31H,6-11,13-14H2,1-3H3,(H,28,29,30)/t21-,22-/m1/s1. The summed E-state index contributed by atoms with van der Waals surface area (Å²) in [6, 6.07) is 5.51. The van der Waals surface area contributed by atoms with Gasteiger partial charge in [-0.3, -0.25) is 9.69 Å². The zero-order valence-electron chi connectivity index (χ0n) is 21.8. The van der Waals surface area contributed by atoms with Gasteiger partial charge in [0, 0.05) is 51.4 Å². The van der Waals surface area contributed by atoms with Crippen LogP contribution in [0.25, 0.3) is 0 Å². The lowest BCUT2D eigenvalue weighted by Gasteiger charge is -2.44. The van der Waals surface area contributed by atoms with Crippen molar-refractivity contribution in [1.29, 1.82) is 0 Å². The van der Waals surface area contributed by atoms with Crippen molar-refractivity contribution in [2.45, 2.75) is 50.9 Å². The number of halogens is 2. The van der Waals surface area contributed by atoms with E-state index in [4.69, 9.17) is 27.9 Å². The number of piperidine rings is 2. The number of nitrogens with zero attached hydrogens (tertiary/aromatic N) is 4. The average Bonchev–Trinajstić information content (AvgIpc) is 2.89. The van der Waals surface area contributed by atoms with Crippen LogP contribution in [0.4, 0.5) is 5.82 Å². The molecule has 13 heteroatoms. The molecule has 10 nitrogen and oxygen atoms in total. The summed E-state index contributed by atoms with van der Waals surface area (Å²) >= 11 is 12.1. The summed E-state index contributed by atoms with van der Waals surface area (Å²) in [5.41, 5.74) is 2.03. The molecule has 0 saturated carbocycles. The molecule has 0 aliphatic carbocycles. The molecule has 0 bridgehead atoms. The normalized spacial score (nSPS) is 21.4. The van der Waals surface area contributed by atoms with Gasteiger partial charge in [0.25, 0.3) is 5.91 Å². The fraction of sp³-hybridized carbons (Fsp3) is 0.560. The van der Waals surface area contributed by atoms with Crippen molar-refractivity contribution in [1.82, 2.24) is 24.5 Å². The third-order valence-electron chi connectivity index (χ3n) is 7.26. The number of methoxy groups -OCH3 is 1. The first-order chi connectivity index (χ1) is 18.1. The lowest BCUT2D eigenvalue weighted by molar-refractivity contribution is -0.0131. The van der Waals surface area contributed by atoms with E-state index in [1.54, 1.807) is 19.2 Å². The molecule has 2 aromatic rings. The van der Waals surface area contributed by atoms with Crippen LogP contribution in [0.2, 0.25) is 10.0 Å². The van der Waals surface area contributed by atoms with Gasteiger partial charge < -0.3 is 15.0 Å². The van der Waals surface area contributed by atoms with Crippen molar-refractivity contribution in [3.63, 3.8) is 0 Å². The van der Waals surface area contributed by atoms with E-state index in [9.17, 15) is 13.2 Å². The second-order valence-electron chi connectivity index (χ2n) is 9.88. The highest BCUT2D eigenvalue weighted by Crippen LogP contribution is 2.26. The molecule has 0 radical (unpaired) electrons. The number of likely N-dealkylation sites (tertiary alicyclic amines) is 2. The van der Waals surface area contributed by atoms with Gasteiger partial charge in [-0.05, 0) is 43.9 Å². The smallest absolute Gasteiger partial charge is 0.272 e. The average molecular weight is 586 g/mol. The van der Waals surface area contributed by atoms with Crippen molar-refractivity contribution < 1.29 is 17.9 Å². The van der Waals surface area contributed by atoms with Crippen molar-refractivity contribution in [3.05, 3.63) is 51.4 Å². The number of ether oxygens (including phenoxy) is 1. The molecule has 1 amide bonds. The summed E-state index contributed by atoms with van der Waals surface area (Å²) in [4.78, 5) is 26.2. The number of aromatic nitrogens is 2. The van der Waals surface area contributed by atoms with Crippen LogP contribution in [0.3, 0.4) is 0 Å². The van der Waals surface area contributed by atoms with E-state index < -0.39 is 10.0 Å². The summed E-state index contributed by atoms with van der Waals surface area (Å²) in [7, 11) is -1.68. The van der Waals surface area contributed by atoms with Gasteiger partial charge in [-0.2, -0.15) is 0 Å². The van der Waals surface area contributed by atoms with Gasteiger partial charge in [0.15, 0.2) is 0 Å². The molecule has 2 fully saturated rings. The van der Waals surface area contributed by atoms with E-state index in [-0.39, 0.29) is 18.1 Å². The van der Waals surface area contributed by atoms with E-state index >= 15 is 0 Å². The maximum atomic E-state index is 13.4. The summed E-state index contributed by atoms with van der Waals surface area (Å²) in [5, 5.41) is 4.25. The second kappa shape index (κ2) is 12.4. The molecule has 2 aliphatic heterocycles. The molecular formula is C25H34Cl2N6O4S. The van der Waals surface area contributed by atoms with Crippen LogP contribution < -0.4 is 10.0 Å². The number of hydrogen-bond acceptors (Lipinski definition) is 8. The molecule has 2 atom stereocenters. The molecule has 2 saturated heterocycles. The number of benzene rings is 1. The highest BCUT2D eigenvalue weighted by atomic mass is 35.5. The molecular weight excluding hydrogens is 551 g/mol. The fourth-order valence-corrected chi connectivity index (χ4v) is 6.32. The third kappa shape index (κ3) is 7.13. The topological polar surface area (TPSA) is 117 Å². The Bertz CT molecular complexity index is 1260. The number of nitrogens with one attached hydrogen (secondary N) is 2. The first kappa shape index (κ1) is 29.0. The van der Waals surface area contributed by atoms with Crippen LogP contribution >= 0.6 is 23.2 Å². The minimum atomic E-state index is -3.30. The lowest BCUT2D eigenvalue weighted by Crippen LogP contribution is -2.58. The van der Waals surface area contributed by atoms with Gasteiger partial charge in [-0.25, -0.2) is 23.1 Å². The highest BCUT2D eigenvalue weighted by molar-refractivity contribution is 7.88. The van der Waals surface area contributed by atoms with Crippen LogP contribution in [0.1, 0.15) is 40.9 Å². The summed E-state index contributed by atoms with van der Waals surface area (Å²) in [5.74, 6) is 0.493. The number of rotatable bonds is 8. The molecule has 1 aromatic heterocycles. The van der Waals surface area contributed by atoms with Crippen LogP contribution in [0, 0.1) is 6.92 Å². The minimum Gasteiger partial charge on any atom is -0.378 e. The minimum absolute atomic E-state index is 0.105. The molecule has 38 heavy (non-hydrogen) atoms. The first-order valence-corrected chi connectivity index (χ1v) is 15.2. The maximum absolute atomic E-state index is 13.4. The van der Waals surface area contributed by atoms with Gasteiger partial charge in [-0.15, -0.1) is 0 Å². The highest BCUT2D eigenvalue weighted by Gasteiger charge is 2.36. The van der Waals surface area contributed by atoms with Gasteiger partial charge >= 0.3 is 0 Å². The lowest BCUT2D eigenvalue weighted by atomic mass is 9.96. The zero-order chi connectivity index (χ0) is 27.4. The SMILES string of the molecule is CO[C@@H]1CN(C2CCN(C(=O)c3ncnc(NCc4ccc(Cl)c(Cl)c4)c3C)CC2)CC[C@H]1NS(C)(=O)=O. The molecule has 2 N–H and O–H groups in total. The number of anilines is 1. The Balaban J connectivity index is 1.33. The number of carbonyl (C=O) groups excluding carboxylic acids is 1. The van der Waals surface area contributed by atoms with E-state index in [0.29, 0.717) is 65.8 Å². The monoisotopic (exact) mass is 584 g/mol. The van der Waals surface area contributed by atoms with Crippen molar-refractivity contribution in [2.24, 2.45) is 0 Å². The summed E-state index contributed by atoms with van der Waals surface area (Å²) in [6.07, 6.45) is 4.72. The fourth-order valence-electron chi connectivity index (χ4n) is 5.18. The van der Waals surface area contributed by atoms with E-state index in [0.717, 1.165) is 24.9 Å². The first-order valence-electron chi connectivity index (χ1n) is 12.6. The molecule has 208 valence electrons. The molecule has 4 rings (SSSR count). The van der Waals surface area contributed by atoms with E-state index in [1.165, 1.54) is 12.6 Å². The Morgan fingerprint density at radius 2 is 1.87 bits per heavy atom. The van der Waals surface area contributed by atoms with Crippen LogP contribution in [-0.4, -0.2) is 91.8 Å². The predicted octanol–water partition coefficient (Wildman–Crippen LogP) is 2.95. The quantitative estimate of drug-likeness (QED) is 0.486. The van der Waals surface area contributed by atoms with Gasteiger partial charge in [0.2, 0.25) is 10.0 Å². The van der Waals surface area contributed by atoms with Gasteiger partial charge in [0.1, 0.15) is 17.8 Å². The van der Waals surface area contributed by atoms with Crippen molar-refractivity contribution >= 4 is 45.0 Å². The zero-order valence-corrected chi connectivity index (χ0v) is 24.1. The molecule has 0 unspecified atom stereocenters. The Labute approximate surface area is 234 Å². The van der Waals surface area contributed by atoms with Gasteiger partial charge in [0.05, 0.1) is 28.4 Å². The number of carbonyl (C=O) groups is 1. The number of hydrogen-bond donors (Lipinski definition) is 2. The largest absolute Gasteiger partial charge is 0.378 e. The molecule has 3 heterocycles. The van der Waals surface area contributed by atoms with E-state index in [2.05, 4.69) is 24.9 Å². The third-order valence-corrected chi connectivity index (χ3v) is 8.73. The maximum Gasteiger partial charge on any atom is 0.272 e. The Morgan fingerprint density at radius 1 is 1.13 bits per heavy atom. The molecule has 0 spiro atoms. The van der Waals surface area contributed by atoms with Crippen molar-refractivity contribution in [3.8, 4) is 0 Å². The van der Waals surface area contributed by atoms with Gasteiger partial charge in [-0.1, -0.05) is 29.3 Å². The Morgan fingerprint density at radius 3 is 2.53 bits per heavy atom. The Hall–Kier alpha value is -2.02. The molecule has 2 aliphatic rings. The predicted molar refractivity (Wildman–Crippen MR) is 148 cm³/mol. The second-order valence-corrected chi connectivity index (χ2v) is 12.5. The van der Waals surface area contributed by atoms with Crippen molar-refractivity contribution in [2.75, 3.05) is 44.9 Å². The van der Waals surface area contributed by atoms with Crippen LogP contribution in [-0.2, 0) is 21.3 Å². The summed E-state index contributed by atoms with van der Waals surface area (Å²) < 4.78 is 31.7. The molecule has 1 aromatic carbocycles. The number of sulfonamides is 1. The Kier molecular flexibility index (Phi) is 9.49. The van der Waals surface area contributed by atoms with E-state index in [1.807, 2.05) is 17.9 Å². The van der Waals surface area contributed by atoms with Crippen LogP contribution in [0.5, 0.6) is 0 Å².